The Morgan fingerprint density at radius 3 is 2.70 bits per heavy atom. The second-order valence-electron chi connectivity index (χ2n) is 6.88. The Balaban J connectivity index is 0.00000364. The van der Waals surface area contributed by atoms with Gasteiger partial charge in [0.2, 0.25) is 0 Å². The quantitative estimate of drug-likeness (QED) is 0.237. The van der Waals surface area contributed by atoms with Crippen LogP contribution in [0.3, 0.4) is 0 Å². The lowest BCUT2D eigenvalue weighted by Crippen LogP contribution is -2.43. The molecule has 0 spiro atoms. The van der Waals surface area contributed by atoms with Gasteiger partial charge in [0.15, 0.2) is 11.8 Å². The fourth-order valence-corrected chi connectivity index (χ4v) is 3.24. The van der Waals surface area contributed by atoms with Crippen molar-refractivity contribution in [3.63, 3.8) is 0 Å². The van der Waals surface area contributed by atoms with Crippen LogP contribution in [0.15, 0.2) is 22.5 Å². The predicted octanol–water partition coefficient (Wildman–Crippen LogP) is 2.85. The van der Waals surface area contributed by atoms with E-state index in [4.69, 9.17) is 4.74 Å². The van der Waals surface area contributed by atoms with E-state index in [1.807, 2.05) is 18.5 Å². The van der Waals surface area contributed by atoms with Crippen molar-refractivity contribution in [1.82, 2.24) is 25.4 Å². The van der Waals surface area contributed by atoms with Crippen molar-refractivity contribution in [3.05, 3.63) is 34.0 Å². The van der Waals surface area contributed by atoms with Crippen LogP contribution in [0, 0.1) is 6.92 Å². The molecule has 152 valence electrons. The number of hydrogen-bond donors (Lipinski definition) is 2. The summed E-state index contributed by atoms with van der Waals surface area (Å²) in [7, 11) is 3.67. The average molecular weight is 506 g/mol. The zero-order valence-corrected chi connectivity index (χ0v) is 19.9. The van der Waals surface area contributed by atoms with E-state index in [9.17, 15) is 0 Å². The van der Waals surface area contributed by atoms with E-state index in [2.05, 4.69) is 57.2 Å². The monoisotopic (exact) mass is 506 g/mol. The molecule has 0 atom stereocenters. The van der Waals surface area contributed by atoms with Gasteiger partial charge in [0, 0.05) is 44.1 Å². The van der Waals surface area contributed by atoms with Gasteiger partial charge in [-0.25, -0.2) is 4.99 Å². The number of nitrogens with one attached hydrogen (secondary N) is 2. The molecule has 0 fully saturated rings. The molecule has 0 amide bonds. The number of aryl methyl sites for hydroxylation is 1. The smallest absolute Gasteiger partial charge is 0.191 e. The largest absolute Gasteiger partial charge is 0.385 e. The summed E-state index contributed by atoms with van der Waals surface area (Å²) in [5.41, 5.74) is 0.0323. The van der Waals surface area contributed by atoms with Crippen LogP contribution >= 0.6 is 35.3 Å². The lowest BCUT2D eigenvalue weighted by molar-refractivity contribution is 0.195. The lowest BCUT2D eigenvalue weighted by atomic mass is 9.91. The summed E-state index contributed by atoms with van der Waals surface area (Å²) >= 11 is 1.78. The Hall–Kier alpha value is -1.20. The molecule has 2 aromatic heterocycles. The second kappa shape index (κ2) is 11.6. The molecule has 7 nitrogen and oxygen atoms in total. The highest BCUT2D eigenvalue weighted by atomic mass is 127. The molecule has 0 aliphatic heterocycles. The highest BCUT2D eigenvalue weighted by Gasteiger charge is 2.22. The van der Waals surface area contributed by atoms with E-state index < -0.39 is 0 Å². The molecule has 0 saturated heterocycles. The van der Waals surface area contributed by atoms with E-state index in [0.29, 0.717) is 6.54 Å². The molecule has 0 radical (unpaired) electrons. The third-order valence-corrected chi connectivity index (χ3v) is 5.50. The molecule has 2 heterocycles. The summed E-state index contributed by atoms with van der Waals surface area (Å²) in [6, 6.07) is 4.27. The fraction of sp³-hybridized carbons (Fsp3) is 0.611. The maximum Gasteiger partial charge on any atom is 0.191 e. The summed E-state index contributed by atoms with van der Waals surface area (Å²) in [5, 5.41) is 17.2. The van der Waals surface area contributed by atoms with Gasteiger partial charge in [0.1, 0.15) is 12.4 Å². The molecule has 0 aromatic carbocycles. The topological polar surface area (TPSA) is 76.4 Å². The summed E-state index contributed by atoms with van der Waals surface area (Å²) in [5.74, 6) is 2.51. The number of ether oxygens (including phenoxy) is 1. The molecule has 27 heavy (non-hydrogen) atoms. The number of rotatable bonds is 9. The molecule has 0 aliphatic carbocycles. The Morgan fingerprint density at radius 2 is 2.11 bits per heavy atom. The number of guanidine groups is 1. The van der Waals surface area contributed by atoms with E-state index in [0.717, 1.165) is 43.7 Å². The minimum absolute atomic E-state index is 0. The molecule has 0 aliphatic rings. The van der Waals surface area contributed by atoms with E-state index >= 15 is 0 Å². The van der Waals surface area contributed by atoms with Gasteiger partial charge >= 0.3 is 0 Å². The van der Waals surface area contributed by atoms with Crippen LogP contribution in [-0.4, -0.2) is 47.5 Å². The Kier molecular flexibility index (Phi) is 10.2. The van der Waals surface area contributed by atoms with Gasteiger partial charge < -0.3 is 19.9 Å². The van der Waals surface area contributed by atoms with Crippen LogP contribution in [0.2, 0.25) is 0 Å². The predicted molar refractivity (Wildman–Crippen MR) is 122 cm³/mol. The molecule has 2 aromatic rings. The summed E-state index contributed by atoms with van der Waals surface area (Å²) in [6.07, 6.45) is 0.925. The highest BCUT2D eigenvalue weighted by Crippen LogP contribution is 2.26. The van der Waals surface area contributed by atoms with Crippen LogP contribution < -0.4 is 10.6 Å². The van der Waals surface area contributed by atoms with Gasteiger partial charge in [0.05, 0.1) is 0 Å². The van der Waals surface area contributed by atoms with Crippen molar-refractivity contribution in [1.29, 1.82) is 0 Å². The Labute approximate surface area is 183 Å². The maximum atomic E-state index is 5.11. The molecule has 9 heteroatoms. The first-order valence-corrected chi connectivity index (χ1v) is 9.72. The van der Waals surface area contributed by atoms with E-state index in [1.165, 1.54) is 4.88 Å². The SMILES string of the molecule is COCCCNC(=NCc1nnc(C)n1C)NCC(C)(C)c1cccs1.I. The number of methoxy groups -OCH3 is 1. The van der Waals surface area contributed by atoms with Crippen molar-refractivity contribution >= 4 is 41.3 Å². The first-order chi connectivity index (χ1) is 12.4. The summed E-state index contributed by atoms with van der Waals surface area (Å²) in [4.78, 5) is 6.04. The molecule has 2 N–H and O–H groups in total. The lowest BCUT2D eigenvalue weighted by Gasteiger charge is -2.25. The molecule has 2 rings (SSSR count). The van der Waals surface area contributed by atoms with Gasteiger partial charge in [-0.15, -0.1) is 45.5 Å². The maximum absolute atomic E-state index is 5.11. The van der Waals surface area contributed by atoms with Gasteiger partial charge in [-0.05, 0) is 24.8 Å². The zero-order chi connectivity index (χ0) is 19.0. The first kappa shape index (κ1) is 23.8. The molecular weight excluding hydrogens is 475 g/mol. The van der Waals surface area contributed by atoms with Crippen molar-refractivity contribution in [2.45, 2.75) is 39.2 Å². The number of halogens is 1. The molecule has 0 bridgehead atoms. The molecule has 0 unspecified atom stereocenters. The number of aromatic nitrogens is 3. The van der Waals surface area contributed by atoms with E-state index in [1.54, 1.807) is 18.4 Å². The van der Waals surface area contributed by atoms with Gasteiger partial charge in [-0.1, -0.05) is 19.9 Å². The van der Waals surface area contributed by atoms with Crippen LogP contribution in [-0.2, 0) is 23.7 Å². The second-order valence-corrected chi connectivity index (χ2v) is 7.82. The Bertz CT molecular complexity index is 699. The van der Waals surface area contributed by atoms with E-state index in [-0.39, 0.29) is 29.4 Å². The van der Waals surface area contributed by atoms with Gasteiger partial charge in [-0.3, -0.25) is 0 Å². The Morgan fingerprint density at radius 1 is 1.33 bits per heavy atom. The van der Waals surface area contributed by atoms with Crippen molar-refractivity contribution < 1.29 is 4.74 Å². The van der Waals surface area contributed by atoms with Crippen molar-refractivity contribution in [2.75, 3.05) is 26.8 Å². The third-order valence-electron chi connectivity index (χ3n) is 4.26. The van der Waals surface area contributed by atoms with Crippen molar-refractivity contribution in [3.8, 4) is 0 Å². The normalized spacial score (nSPS) is 12.0. The number of aliphatic imine (C=N–C) groups is 1. The number of nitrogens with zero attached hydrogens (tertiary/aromatic N) is 4. The standard InChI is InChI=1S/C18H30N6OS.HI/c1-14-22-23-16(24(14)4)12-20-17(19-9-7-10-25-5)21-13-18(2,3)15-8-6-11-26-15;/h6,8,11H,7,9-10,12-13H2,1-5H3,(H2,19,20,21);1H. The highest BCUT2D eigenvalue weighted by molar-refractivity contribution is 14.0. The van der Waals surface area contributed by atoms with Crippen LogP contribution in [0.4, 0.5) is 0 Å². The number of hydrogen-bond acceptors (Lipinski definition) is 5. The number of thiophene rings is 1. The summed E-state index contributed by atoms with van der Waals surface area (Å²) in [6.45, 7) is 9.21. The summed E-state index contributed by atoms with van der Waals surface area (Å²) < 4.78 is 7.07. The minimum atomic E-state index is 0. The van der Waals surface area contributed by atoms with Crippen LogP contribution in [0.5, 0.6) is 0 Å². The van der Waals surface area contributed by atoms with Gasteiger partial charge in [0.25, 0.3) is 0 Å². The first-order valence-electron chi connectivity index (χ1n) is 8.84. The zero-order valence-electron chi connectivity index (χ0n) is 16.8. The minimum Gasteiger partial charge on any atom is -0.385 e. The van der Waals surface area contributed by atoms with Crippen LogP contribution in [0.25, 0.3) is 0 Å². The fourth-order valence-electron chi connectivity index (χ4n) is 2.39. The average Bonchev–Trinajstić information content (AvgIpc) is 3.26. The third kappa shape index (κ3) is 7.38. The molecule has 0 saturated carbocycles. The van der Waals surface area contributed by atoms with Gasteiger partial charge in [-0.2, -0.15) is 0 Å². The molecular formula is C18H31IN6OS. The van der Waals surface area contributed by atoms with Crippen molar-refractivity contribution in [2.24, 2.45) is 12.0 Å². The van der Waals surface area contributed by atoms with Crippen LogP contribution in [0.1, 0.15) is 36.8 Å².